The van der Waals surface area contributed by atoms with E-state index >= 15 is 0 Å². The first-order valence-electron chi connectivity index (χ1n) is 15.7. The summed E-state index contributed by atoms with van der Waals surface area (Å²) in [6.45, 7) is 5.77. The molecule has 3 heterocycles. The molecule has 7 rings (SSSR count). The Morgan fingerprint density at radius 2 is 1.85 bits per heavy atom. The quantitative estimate of drug-likeness (QED) is 0.103. The first-order valence-corrected chi connectivity index (χ1v) is 16.1. The van der Waals surface area contributed by atoms with Gasteiger partial charge in [0, 0.05) is 40.9 Å². The Bertz CT molecular complexity index is 1810. The van der Waals surface area contributed by atoms with Crippen molar-refractivity contribution in [1.82, 2.24) is 19.8 Å². The number of aromatic nitrogens is 2. The van der Waals surface area contributed by atoms with Gasteiger partial charge >= 0.3 is 5.97 Å². The molecule has 1 fully saturated rings. The number of esters is 1. The summed E-state index contributed by atoms with van der Waals surface area (Å²) in [5, 5.41) is 15.3. The minimum Gasteiger partial charge on any atom is -0.452 e. The molecule has 0 amide bonds. The Kier molecular flexibility index (Phi) is 7.84. The molecule has 3 aliphatic rings. The Morgan fingerprint density at radius 1 is 1.11 bits per heavy atom. The van der Waals surface area contributed by atoms with Crippen molar-refractivity contribution in [3.8, 4) is 0 Å². The van der Waals surface area contributed by atoms with Gasteiger partial charge in [-0.15, -0.1) is 0 Å². The summed E-state index contributed by atoms with van der Waals surface area (Å²) in [4.78, 5) is 33.6. The summed E-state index contributed by atoms with van der Waals surface area (Å²) in [6.07, 6.45) is 3.49. The van der Waals surface area contributed by atoms with Gasteiger partial charge < -0.3 is 15.8 Å². The molecule has 10 nitrogen and oxygen atoms in total. The lowest BCUT2D eigenvalue weighted by atomic mass is 9.73. The van der Waals surface area contributed by atoms with Gasteiger partial charge in [-0.25, -0.2) is 14.3 Å². The van der Waals surface area contributed by atoms with Crippen LogP contribution in [0, 0.1) is 10.1 Å². The van der Waals surface area contributed by atoms with Crippen LogP contribution in [0.25, 0.3) is 0 Å². The van der Waals surface area contributed by atoms with Crippen molar-refractivity contribution in [2.24, 2.45) is 5.73 Å². The molecule has 3 aromatic carbocycles. The summed E-state index contributed by atoms with van der Waals surface area (Å²) in [5.41, 5.74) is 12.8. The number of nitrogens with two attached hydrogens (primary N) is 1. The topological polar surface area (TPSA) is 133 Å². The first-order chi connectivity index (χ1) is 22.3. The van der Waals surface area contributed by atoms with Gasteiger partial charge in [-0.2, -0.15) is 4.98 Å². The third kappa shape index (κ3) is 4.96. The number of nitrogens with zero attached hydrogens (tertiary/aromatic N) is 4. The van der Waals surface area contributed by atoms with Crippen LogP contribution in [0.3, 0.4) is 0 Å². The molecule has 4 aromatic rings. The predicted molar refractivity (Wildman–Crippen MR) is 176 cm³/mol. The Balaban J connectivity index is 1.36. The highest BCUT2D eigenvalue weighted by molar-refractivity contribution is 6.31. The number of piperidine rings is 1. The van der Waals surface area contributed by atoms with Gasteiger partial charge in [0.25, 0.3) is 5.69 Å². The molecule has 0 saturated carbocycles. The molecule has 1 spiro atoms. The van der Waals surface area contributed by atoms with Crippen LogP contribution in [0.15, 0.2) is 73.1 Å². The summed E-state index contributed by atoms with van der Waals surface area (Å²) in [6, 6.07) is 20.1. The van der Waals surface area contributed by atoms with Crippen LogP contribution in [0.5, 0.6) is 0 Å². The van der Waals surface area contributed by atoms with E-state index in [1.54, 1.807) is 6.33 Å². The number of ether oxygens (including phenoxy) is 1. The highest BCUT2D eigenvalue weighted by Crippen LogP contribution is 2.59. The van der Waals surface area contributed by atoms with Crippen LogP contribution >= 0.6 is 11.6 Å². The number of fused-ring (bicyclic) bond motifs is 3. The maximum absolute atomic E-state index is 13.2. The molecule has 1 aliphatic carbocycles. The number of hydrogen-bond acceptors (Lipinski definition) is 8. The lowest BCUT2D eigenvalue weighted by Crippen LogP contribution is -2.50. The van der Waals surface area contributed by atoms with Crippen LogP contribution < -0.4 is 15.5 Å². The molecule has 11 heteroatoms. The van der Waals surface area contributed by atoms with Gasteiger partial charge in [-0.05, 0) is 62.0 Å². The number of quaternary nitrogens is 1. The van der Waals surface area contributed by atoms with Crippen molar-refractivity contribution < 1.29 is 14.5 Å². The van der Waals surface area contributed by atoms with Crippen molar-refractivity contribution >= 4 is 34.8 Å². The Hall–Kier alpha value is -4.22. The molecule has 2 aliphatic heterocycles. The van der Waals surface area contributed by atoms with E-state index in [1.807, 2.05) is 12.1 Å². The number of non-ortho nitro benzene ring substituents is 1. The van der Waals surface area contributed by atoms with E-state index in [9.17, 15) is 14.9 Å². The van der Waals surface area contributed by atoms with Crippen LogP contribution in [-0.4, -0.2) is 40.5 Å². The minimum atomic E-state index is -0.578. The normalized spacial score (nSPS) is 22.8. The zero-order valence-corrected chi connectivity index (χ0v) is 26.4. The van der Waals surface area contributed by atoms with Crippen LogP contribution in [-0.2, 0) is 23.2 Å². The number of nitro groups is 1. The SMILES string of the molecule is C[C@@H]1C[C@@H](OC(=O)c2ccc([N+](=O)[O-])cc2)c2ncnc([N+]3(Cc4ccccc4)CC4(CCNCC4)c4c3ccc(Cl)c4CN)c21. The van der Waals surface area contributed by atoms with E-state index in [4.69, 9.17) is 32.0 Å². The molecule has 236 valence electrons. The molecule has 1 aromatic heterocycles. The second kappa shape index (κ2) is 11.9. The zero-order chi connectivity index (χ0) is 32.1. The molecule has 0 bridgehead atoms. The first kappa shape index (κ1) is 30.4. The smallest absolute Gasteiger partial charge is 0.338 e. The fourth-order valence-corrected chi connectivity index (χ4v) is 8.33. The number of halogens is 1. The molecular formula is C35H36ClN6O4+. The monoisotopic (exact) mass is 639 g/mol. The maximum Gasteiger partial charge on any atom is 0.338 e. The zero-order valence-electron chi connectivity index (χ0n) is 25.6. The average Bonchev–Trinajstić information content (AvgIpc) is 3.53. The van der Waals surface area contributed by atoms with Crippen molar-refractivity contribution in [3.05, 3.63) is 122 Å². The number of nitrogens with one attached hydrogen (secondary N) is 1. The maximum atomic E-state index is 13.2. The second-order valence-corrected chi connectivity index (χ2v) is 13.2. The lowest BCUT2D eigenvalue weighted by molar-refractivity contribution is -0.384. The van der Waals surface area contributed by atoms with Crippen molar-refractivity contribution in [2.45, 2.75) is 56.7 Å². The molecule has 1 saturated heterocycles. The van der Waals surface area contributed by atoms with Gasteiger partial charge in [-0.3, -0.25) is 10.1 Å². The fraction of sp³-hybridized carbons (Fsp3) is 0.343. The highest BCUT2D eigenvalue weighted by atomic mass is 35.5. The van der Waals surface area contributed by atoms with E-state index in [1.165, 1.54) is 35.4 Å². The minimum absolute atomic E-state index is 0.0148. The summed E-state index contributed by atoms with van der Waals surface area (Å²) < 4.78 is 6.53. The van der Waals surface area contributed by atoms with E-state index in [2.05, 4.69) is 42.6 Å². The summed E-state index contributed by atoms with van der Waals surface area (Å²) >= 11 is 6.86. The van der Waals surface area contributed by atoms with Gasteiger partial charge in [0.2, 0.25) is 5.82 Å². The number of nitro benzene ring substituents is 1. The third-order valence-corrected chi connectivity index (χ3v) is 10.4. The largest absolute Gasteiger partial charge is 0.452 e. The molecule has 3 N–H and O–H groups in total. The summed E-state index contributed by atoms with van der Waals surface area (Å²) in [7, 11) is 0. The average molecular weight is 640 g/mol. The number of carbonyl (C=O) groups is 1. The Morgan fingerprint density at radius 3 is 2.54 bits per heavy atom. The molecular weight excluding hydrogens is 604 g/mol. The number of benzene rings is 3. The fourth-order valence-electron chi connectivity index (χ4n) is 8.09. The second-order valence-electron chi connectivity index (χ2n) is 12.8. The van der Waals surface area contributed by atoms with E-state index in [0.29, 0.717) is 34.7 Å². The summed E-state index contributed by atoms with van der Waals surface area (Å²) in [5.74, 6) is 0.383. The number of carbonyl (C=O) groups excluding carboxylic acids is 1. The lowest BCUT2D eigenvalue weighted by Gasteiger charge is -2.39. The molecule has 46 heavy (non-hydrogen) atoms. The standard InChI is InChI=1S/C35H36ClN6O4/c1-22-17-29(46-34(43)24-7-9-25(10-8-24)41(44)45)32-30(22)33(40-21-39-32)42(19-23-5-3-2-4-6-23)20-35(13-15-38-16-14-35)31-26(18-37)27(36)11-12-28(31)42/h2-12,21-22,29,38H,13-20,37H2,1H3/q+1/t22-,29-,42?/m1/s1. The van der Waals surface area contributed by atoms with Crippen molar-refractivity contribution in [2.75, 3.05) is 19.6 Å². The van der Waals surface area contributed by atoms with Crippen molar-refractivity contribution in [1.29, 1.82) is 0 Å². The molecule has 1 unspecified atom stereocenters. The van der Waals surface area contributed by atoms with Gasteiger partial charge in [0.15, 0.2) is 0 Å². The van der Waals surface area contributed by atoms with E-state index < -0.39 is 17.0 Å². The van der Waals surface area contributed by atoms with Gasteiger partial charge in [-0.1, -0.05) is 48.9 Å². The van der Waals surface area contributed by atoms with Crippen LogP contribution in [0.2, 0.25) is 5.02 Å². The van der Waals surface area contributed by atoms with Gasteiger partial charge in [0.05, 0.1) is 33.7 Å². The highest BCUT2D eigenvalue weighted by Gasteiger charge is 2.58. The number of hydrogen-bond donors (Lipinski definition) is 2. The van der Waals surface area contributed by atoms with E-state index in [0.717, 1.165) is 55.1 Å². The molecule has 3 atom stereocenters. The Labute approximate surface area is 272 Å². The van der Waals surface area contributed by atoms with E-state index in [-0.39, 0.29) is 22.6 Å². The molecule has 0 radical (unpaired) electrons. The number of rotatable bonds is 7. The van der Waals surface area contributed by atoms with Crippen molar-refractivity contribution in [3.63, 3.8) is 0 Å². The van der Waals surface area contributed by atoms with Gasteiger partial charge in [0.1, 0.15) is 24.7 Å². The van der Waals surface area contributed by atoms with Crippen LogP contribution in [0.1, 0.15) is 76.5 Å². The third-order valence-electron chi connectivity index (χ3n) is 10.1. The predicted octanol–water partition coefficient (Wildman–Crippen LogP) is 6.38. The van der Waals surface area contributed by atoms with Crippen LogP contribution in [0.4, 0.5) is 17.2 Å².